The van der Waals surface area contributed by atoms with Gasteiger partial charge in [-0.1, -0.05) is 12.8 Å². The predicted molar refractivity (Wildman–Crippen MR) is 83.4 cm³/mol. The molecule has 0 amide bonds. The lowest BCUT2D eigenvalue weighted by Crippen LogP contribution is -2.59. The Labute approximate surface area is 128 Å². The van der Waals surface area contributed by atoms with E-state index < -0.39 is 5.97 Å². The summed E-state index contributed by atoms with van der Waals surface area (Å²) in [7, 11) is 0. The molecule has 2 aliphatic heterocycles. The first kappa shape index (κ1) is 15.3. The monoisotopic (exact) mass is 294 g/mol. The lowest BCUT2D eigenvalue weighted by Gasteiger charge is -2.50. The zero-order valence-corrected chi connectivity index (χ0v) is 13.5. The number of likely N-dealkylation sites (tertiary alicyclic amines) is 2. The van der Waals surface area contributed by atoms with E-state index in [0.717, 1.165) is 38.3 Å². The van der Waals surface area contributed by atoms with Crippen LogP contribution in [-0.4, -0.2) is 58.1 Å². The molecule has 2 heterocycles. The summed E-state index contributed by atoms with van der Waals surface area (Å²) in [6.07, 6.45) is 8.28. The van der Waals surface area contributed by atoms with Crippen molar-refractivity contribution in [2.24, 2.45) is 5.92 Å². The Balaban J connectivity index is 1.78. The third-order valence-electron chi connectivity index (χ3n) is 6.05. The minimum Gasteiger partial charge on any atom is -0.480 e. The Bertz CT molecular complexity index is 385. The molecular weight excluding hydrogens is 264 g/mol. The number of rotatable bonds is 3. The second-order valence-electron chi connectivity index (χ2n) is 7.52. The molecule has 0 bridgehead atoms. The van der Waals surface area contributed by atoms with Crippen LogP contribution in [-0.2, 0) is 4.79 Å². The molecule has 4 nitrogen and oxygen atoms in total. The maximum absolute atomic E-state index is 11.8. The number of hydrogen-bond donors (Lipinski definition) is 1. The Morgan fingerprint density at radius 2 is 1.86 bits per heavy atom. The molecule has 0 aromatic rings. The molecule has 21 heavy (non-hydrogen) atoms. The largest absolute Gasteiger partial charge is 0.480 e. The topological polar surface area (TPSA) is 43.8 Å². The average Bonchev–Trinajstić information content (AvgIpc) is 2.95. The van der Waals surface area contributed by atoms with Gasteiger partial charge in [-0.15, -0.1) is 0 Å². The number of hydrogen-bond acceptors (Lipinski definition) is 3. The van der Waals surface area contributed by atoms with Gasteiger partial charge in [-0.05, 0) is 51.9 Å². The van der Waals surface area contributed by atoms with Crippen LogP contribution in [0.4, 0.5) is 0 Å². The predicted octanol–water partition coefficient (Wildman–Crippen LogP) is 2.58. The van der Waals surface area contributed by atoms with Crippen LogP contribution in [0.25, 0.3) is 0 Å². The number of carboxylic acids is 1. The Morgan fingerprint density at radius 1 is 1.10 bits per heavy atom. The van der Waals surface area contributed by atoms with Crippen LogP contribution in [0.5, 0.6) is 0 Å². The van der Waals surface area contributed by atoms with E-state index in [1.165, 1.54) is 25.7 Å². The summed E-state index contributed by atoms with van der Waals surface area (Å²) in [6, 6.07) is 1.33. The van der Waals surface area contributed by atoms with E-state index in [2.05, 4.69) is 23.6 Å². The summed E-state index contributed by atoms with van der Waals surface area (Å²) in [6.45, 7) is 6.68. The van der Waals surface area contributed by atoms with Gasteiger partial charge in [-0.3, -0.25) is 14.6 Å². The highest BCUT2D eigenvalue weighted by Gasteiger charge is 2.45. The van der Waals surface area contributed by atoms with Crippen LogP contribution < -0.4 is 0 Å². The van der Waals surface area contributed by atoms with Crippen molar-refractivity contribution in [1.29, 1.82) is 0 Å². The van der Waals surface area contributed by atoms with E-state index in [0.29, 0.717) is 18.1 Å². The highest BCUT2D eigenvalue weighted by Crippen LogP contribution is 2.40. The molecule has 1 aliphatic carbocycles. The number of nitrogens with zero attached hydrogens (tertiary/aromatic N) is 2. The molecular formula is C17H30N2O2. The zero-order chi connectivity index (χ0) is 15.0. The van der Waals surface area contributed by atoms with Crippen molar-refractivity contribution in [3.63, 3.8) is 0 Å². The highest BCUT2D eigenvalue weighted by molar-refractivity contribution is 5.73. The molecule has 2 saturated heterocycles. The first-order chi connectivity index (χ1) is 10.1. The number of carboxylic acid groups (broad SMARTS) is 1. The van der Waals surface area contributed by atoms with E-state index in [-0.39, 0.29) is 6.04 Å². The van der Waals surface area contributed by atoms with Crippen molar-refractivity contribution in [3.8, 4) is 0 Å². The van der Waals surface area contributed by atoms with Crippen LogP contribution >= 0.6 is 0 Å². The van der Waals surface area contributed by atoms with E-state index in [1.54, 1.807) is 0 Å². The molecule has 4 unspecified atom stereocenters. The van der Waals surface area contributed by atoms with E-state index in [4.69, 9.17) is 0 Å². The molecule has 4 heteroatoms. The van der Waals surface area contributed by atoms with Crippen molar-refractivity contribution in [2.75, 3.05) is 13.1 Å². The van der Waals surface area contributed by atoms with Crippen LogP contribution in [0.2, 0.25) is 0 Å². The maximum Gasteiger partial charge on any atom is 0.320 e. The molecule has 0 aromatic carbocycles. The summed E-state index contributed by atoms with van der Waals surface area (Å²) in [5.41, 5.74) is 0. The summed E-state index contributed by atoms with van der Waals surface area (Å²) >= 11 is 0. The van der Waals surface area contributed by atoms with Gasteiger partial charge in [0.2, 0.25) is 0 Å². The van der Waals surface area contributed by atoms with Gasteiger partial charge < -0.3 is 5.11 Å². The standard InChI is InChI=1S/C17H30N2O2/c1-12(2)18-10-9-14(11-18)19-15-6-4-3-5-13(15)7-8-16(19)17(20)21/h12-16H,3-11H2,1-2H3,(H,20,21). The second-order valence-corrected chi connectivity index (χ2v) is 7.52. The van der Waals surface area contributed by atoms with E-state index in [1.807, 2.05) is 0 Å². The molecule has 4 atom stereocenters. The van der Waals surface area contributed by atoms with Gasteiger partial charge in [-0.25, -0.2) is 0 Å². The van der Waals surface area contributed by atoms with Crippen molar-refractivity contribution in [2.45, 2.75) is 83.0 Å². The lowest BCUT2D eigenvalue weighted by molar-refractivity contribution is -0.150. The van der Waals surface area contributed by atoms with Crippen LogP contribution in [0.1, 0.15) is 58.8 Å². The molecule has 0 aromatic heterocycles. The molecule has 1 N–H and O–H groups in total. The fraction of sp³-hybridized carbons (Fsp3) is 0.941. The minimum absolute atomic E-state index is 0.235. The van der Waals surface area contributed by atoms with Crippen molar-refractivity contribution in [3.05, 3.63) is 0 Å². The Morgan fingerprint density at radius 3 is 2.52 bits per heavy atom. The normalized spacial score (nSPS) is 38.6. The molecule has 3 fully saturated rings. The first-order valence-corrected chi connectivity index (χ1v) is 8.82. The molecule has 120 valence electrons. The maximum atomic E-state index is 11.8. The first-order valence-electron chi connectivity index (χ1n) is 8.82. The third-order valence-corrected chi connectivity index (χ3v) is 6.05. The summed E-state index contributed by atoms with van der Waals surface area (Å²) in [5, 5.41) is 9.68. The van der Waals surface area contributed by atoms with Gasteiger partial charge in [0.25, 0.3) is 0 Å². The van der Waals surface area contributed by atoms with Gasteiger partial charge in [0.05, 0.1) is 0 Å². The van der Waals surface area contributed by atoms with Crippen molar-refractivity contribution < 1.29 is 9.90 Å². The number of carbonyl (C=O) groups is 1. The fourth-order valence-corrected chi connectivity index (χ4v) is 4.93. The van der Waals surface area contributed by atoms with Gasteiger partial charge >= 0.3 is 5.97 Å². The highest BCUT2D eigenvalue weighted by atomic mass is 16.4. The zero-order valence-electron chi connectivity index (χ0n) is 13.5. The number of piperidine rings is 1. The lowest BCUT2D eigenvalue weighted by atomic mass is 9.75. The van der Waals surface area contributed by atoms with Crippen LogP contribution in [0.15, 0.2) is 0 Å². The molecule has 3 rings (SSSR count). The van der Waals surface area contributed by atoms with Gasteiger partial charge in [0.15, 0.2) is 0 Å². The fourth-order valence-electron chi connectivity index (χ4n) is 4.93. The number of fused-ring (bicyclic) bond motifs is 1. The second kappa shape index (κ2) is 6.25. The molecule has 3 aliphatic rings. The smallest absolute Gasteiger partial charge is 0.320 e. The summed E-state index contributed by atoms with van der Waals surface area (Å²) in [4.78, 5) is 16.7. The van der Waals surface area contributed by atoms with Crippen molar-refractivity contribution >= 4 is 5.97 Å². The molecule has 0 radical (unpaired) electrons. The van der Waals surface area contributed by atoms with E-state index >= 15 is 0 Å². The Hall–Kier alpha value is -0.610. The van der Waals surface area contributed by atoms with Crippen molar-refractivity contribution in [1.82, 2.24) is 9.80 Å². The Kier molecular flexibility index (Phi) is 4.55. The number of aliphatic carboxylic acids is 1. The molecule has 0 spiro atoms. The molecule has 1 saturated carbocycles. The summed E-state index contributed by atoms with van der Waals surface area (Å²) in [5.74, 6) is 0.157. The van der Waals surface area contributed by atoms with E-state index in [9.17, 15) is 9.90 Å². The van der Waals surface area contributed by atoms with Gasteiger partial charge in [-0.2, -0.15) is 0 Å². The minimum atomic E-state index is -0.595. The summed E-state index contributed by atoms with van der Waals surface area (Å²) < 4.78 is 0. The van der Waals surface area contributed by atoms with Crippen LogP contribution in [0.3, 0.4) is 0 Å². The third kappa shape index (κ3) is 2.98. The SMILES string of the molecule is CC(C)N1CCC(N2C(C(=O)O)CCC3CCCCC32)C1. The van der Waals surface area contributed by atoms with Gasteiger partial charge in [0, 0.05) is 31.2 Å². The quantitative estimate of drug-likeness (QED) is 0.869. The van der Waals surface area contributed by atoms with Gasteiger partial charge in [0.1, 0.15) is 6.04 Å². The van der Waals surface area contributed by atoms with Crippen LogP contribution in [0, 0.1) is 5.92 Å². The average molecular weight is 294 g/mol.